The van der Waals surface area contributed by atoms with Crippen LogP contribution in [0.5, 0.6) is 5.75 Å². The van der Waals surface area contributed by atoms with E-state index in [1.807, 2.05) is 6.07 Å². The van der Waals surface area contributed by atoms with Crippen molar-refractivity contribution in [3.8, 4) is 5.75 Å². The van der Waals surface area contributed by atoms with Crippen LogP contribution >= 0.6 is 0 Å². The number of carbonyl (C=O) groups is 1. The second-order valence-corrected chi connectivity index (χ2v) is 7.92. The van der Waals surface area contributed by atoms with Gasteiger partial charge in [-0.15, -0.1) is 0 Å². The molecule has 0 bridgehead atoms. The molecule has 0 atom stereocenters. The first kappa shape index (κ1) is 22.9. The lowest BCUT2D eigenvalue weighted by Gasteiger charge is -2.35. The number of nitrogens with zero attached hydrogens (tertiary/aromatic N) is 4. The fourth-order valence-corrected chi connectivity index (χ4v) is 3.74. The maximum absolute atomic E-state index is 13.3. The standard InChI is InChI=1S/C22H25F2N5O4/c1-3-32-21(31)17-18(30)16(11-14-12-26-19-15(14)5-4-6-25-19)33-20(17)27-29-9-7-28(8-10-29)13-22(2,23)24/h4-6,11-12,27,30H,3,7-10,13H2,1-2H3. The number of aliphatic imine (C=N–C) groups is 1. The van der Waals surface area contributed by atoms with Crippen molar-refractivity contribution in [3.63, 3.8) is 0 Å². The Bertz CT molecular complexity index is 1080. The van der Waals surface area contributed by atoms with Crippen LogP contribution in [0, 0.1) is 0 Å². The number of alkyl halides is 2. The van der Waals surface area contributed by atoms with Gasteiger partial charge in [0.05, 0.1) is 13.2 Å². The van der Waals surface area contributed by atoms with Crippen LogP contribution in [0.25, 0.3) is 11.6 Å². The van der Waals surface area contributed by atoms with E-state index in [9.17, 15) is 18.7 Å². The monoisotopic (exact) mass is 461 g/mol. The summed E-state index contributed by atoms with van der Waals surface area (Å²) in [7, 11) is 0. The number of aromatic hydroxyl groups is 1. The predicted molar refractivity (Wildman–Crippen MR) is 119 cm³/mol. The molecule has 4 rings (SSSR count). The van der Waals surface area contributed by atoms with E-state index in [0.29, 0.717) is 37.6 Å². The summed E-state index contributed by atoms with van der Waals surface area (Å²) in [4.78, 5) is 22.6. The Morgan fingerprint density at radius 2 is 2.12 bits per heavy atom. The van der Waals surface area contributed by atoms with E-state index < -0.39 is 11.9 Å². The quantitative estimate of drug-likeness (QED) is 0.605. The van der Waals surface area contributed by atoms with Crippen molar-refractivity contribution in [3.05, 3.63) is 35.2 Å². The topological polar surface area (TPSA) is 103 Å². The third-order valence-electron chi connectivity index (χ3n) is 5.23. The van der Waals surface area contributed by atoms with Crippen LogP contribution in [0.15, 0.2) is 27.7 Å². The molecule has 33 heavy (non-hydrogen) atoms. The van der Waals surface area contributed by atoms with Gasteiger partial charge in [0.2, 0.25) is 5.88 Å². The highest BCUT2D eigenvalue weighted by Crippen LogP contribution is 2.38. The average Bonchev–Trinajstić information content (AvgIpc) is 3.30. The second-order valence-electron chi connectivity index (χ2n) is 7.92. The Morgan fingerprint density at radius 3 is 2.82 bits per heavy atom. The smallest absolute Gasteiger partial charge is 0.347 e. The van der Waals surface area contributed by atoms with Gasteiger partial charge in [0.15, 0.2) is 22.9 Å². The van der Waals surface area contributed by atoms with Gasteiger partial charge in [-0.05, 0) is 25.1 Å². The molecule has 9 nitrogen and oxygen atoms in total. The summed E-state index contributed by atoms with van der Waals surface area (Å²) in [6, 6.07) is 3.61. The molecular formula is C22H25F2N5O4. The molecule has 0 saturated carbocycles. The number of hydrogen-bond donors (Lipinski definition) is 2. The summed E-state index contributed by atoms with van der Waals surface area (Å²) < 4.78 is 37.5. The number of hydrazine groups is 1. The molecule has 11 heteroatoms. The zero-order valence-electron chi connectivity index (χ0n) is 18.3. The molecule has 2 aliphatic heterocycles. The molecule has 2 aromatic heterocycles. The molecule has 1 saturated heterocycles. The maximum Gasteiger partial charge on any atom is 0.347 e. The second kappa shape index (κ2) is 9.28. The number of fused-ring (bicyclic) bond motifs is 1. The molecule has 2 aromatic rings. The minimum absolute atomic E-state index is 0.0217. The maximum atomic E-state index is 13.3. The molecule has 0 amide bonds. The zero-order valence-corrected chi connectivity index (χ0v) is 18.3. The van der Waals surface area contributed by atoms with Crippen LogP contribution in [0.4, 0.5) is 20.5 Å². The lowest BCUT2D eigenvalue weighted by Crippen LogP contribution is -2.51. The molecule has 176 valence electrons. The number of ether oxygens (including phenoxy) is 1. The first-order valence-corrected chi connectivity index (χ1v) is 10.6. The van der Waals surface area contributed by atoms with E-state index in [4.69, 9.17) is 9.15 Å². The fourth-order valence-electron chi connectivity index (χ4n) is 3.74. The number of halogens is 2. The van der Waals surface area contributed by atoms with Gasteiger partial charge in [-0.2, -0.15) is 0 Å². The third-order valence-corrected chi connectivity index (χ3v) is 5.23. The van der Waals surface area contributed by atoms with Crippen LogP contribution < -0.4 is 5.43 Å². The first-order valence-electron chi connectivity index (χ1n) is 10.6. The highest BCUT2D eigenvalue weighted by molar-refractivity contribution is 6.21. The van der Waals surface area contributed by atoms with E-state index in [-0.39, 0.29) is 36.1 Å². The number of nitrogens with one attached hydrogen (secondary N) is 1. The molecule has 0 aromatic carbocycles. The van der Waals surface area contributed by atoms with Crippen molar-refractivity contribution in [1.29, 1.82) is 0 Å². The summed E-state index contributed by atoms with van der Waals surface area (Å²) in [5.41, 5.74) is 4.29. The van der Waals surface area contributed by atoms with E-state index in [1.165, 1.54) is 0 Å². The van der Waals surface area contributed by atoms with Crippen LogP contribution in [0.1, 0.15) is 35.5 Å². The highest BCUT2D eigenvalue weighted by Gasteiger charge is 2.31. The Labute approximate surface area is 189 Å². The lowest BCUT2D eigenvalue weighted by atomic mass is 10.1. The molecular weight excluding hydrogens is 436 g/mol. The zero-order chi connectivity index (χ0) is 23.6. The van der Waals surface area contributed by atoms with Crippen molar-refractivity contribution in [2.24, 2.45) is 4.99 Å². The van der Waals surface area contributed by atoms with Gasteiger partial charge in [0, 0.05) is 56.7 Å². The van der Waals surface area contributed by atoms with Crippen LogP contribution in [-0.2, 0) is 4.74 Å². The minimum atomic E-state index is -2.76. The summed E-state index contributed by atoms with van der Waals surface area (Å²) >= 11 is 0. The summed E-state index contributed by atoms with van der Waals surface area (Å²) in [6.45, 7) is 4.02. The number of hydrogen-bond acceptors (Lipinski definition) is 9. The van der Waals surface area contributed by atoms with Crippen LogP contribution in [-0.4, -0.2) is 77.4 Å². The molecule has 0 spiro atoms. The van der Waals surface area contributed by atoms with Crippen molar-refractivity contribution in [2.45, 2.75) is 19.8 Å². The predicted octanol–water partition coefficient (Wildman–Crippen LogP) is 3.41. The van der Waals surface area contributed by atoms with Gasteiger partial charge in [-0.1, -0.05) is 0 Å². The lowest BCUT2D eigenvalue weighted by molar-refractivity contribution is -0.0242. The van der Waals surface area contributed by atoms with Gasteiger partial charge in [0.1, 0.15) is 0 Å². The van der Waals surface area contributed by atoms with Gasteiger partial charge < -0.3 is 14.3 Å². The van der Waals surface area contributed by atoms with E-state index in [2.05, 4.69) is 15.4 Å². The van der Waals surface area contributed by atoms with E-state index >= 15 is 0 Å². The molecule has 0 radical (unpaired) electrons. The number of aromatic nitrogens is 1. The van der Waals surface area contributed by atoms with Crippen molar-refractivity contribution in [2.75, 3.05) is 44.8 Å². The SMILES string of the molecule is CCOC(=O)c1c(NN2CCN(CC(C)(F)F)CC2)oc(C=C2C=Nc3ncccc32)c1O. The number of allylic oxidation sites excluding steroid dienone is 1. The van der Waals surface area contributed by atoms with Crippen LogP contribution in [0.3, 0.4) is 0 Å². The van der Waals surface area contributed by atoms with Gasteiger partial charge >= 0.3 is 5.97 Å². The molecule has 2 aliphatic rings. The number of rotatable bonds is 7. The molecule has 0 aliphatic carbocycles. The number of furan rings is 1. The molecule has 1 fully saturated rings. The highest BCUT2D eigenvalue weighted by atomic mass is 19.3. The number of pyridine rings is 1. The Kier molecular flexibility index (Phi) is 6.43. The number of esters is 1. The first-order chi connectivity index (χ1) is 15.7. The summed E-state index contributed by atoms with van der Waals surface area (Å²) in [6.07, 6.45) is 4.80. The molecule has 4 heterocycles. The average molecular weight is 461 g/mol. The molecule has 2 N–H and O–H groups in total. The summed E-state index contributed by atoms with van der Waals surface area (Å²) in [5.74, 6) is -3.24. The van der Waals surface area contributed by atoms with E-state index in [0.717, 1.165) is 12.5 Å². The Hall–Kier alpha value is -3.31. The minimum Gasteiger partial charge on any atom is -0.504 e. The Morgan fingerprint density at radius 1 is 1.36 bits per heavy atom. The van der Waals surface area contributed by atoms with Gasteiger partial charge in [-0.25, -0.2) is 28.6 Å². The fraction of sp³-hybridized carbons (Fsp3) is 0.409. The van der Waals surface area contributed by atoms with Crippen molar-refractivity contribution < 1.29 is 27.8 Å². The number of anilines is 1. The summed E-state index contributed by atoms with van der Waals surface area (Å²) in [5, 5.41) is 12.5. The van der Waals surface area contributed by atoms with Gasteiger partial charge in [-0.3, -0.25) is 10.3 Å². The third kappa shape index (κ3) is 5.20. The van der Waals surface area contributed by atoms with Crippen LogP contribution in [0.2, 0.25) is 0 Å². The Balaban J connectivity index is 1.56. The van der Waals surface area contributed by atoms with E-state index in [1.54, 1.807) is 41.4 Å². The molecule has 0 unspecified atom stereocenters. The number of carbonyl (C=O) groups excluding carboxylic acids is 1. The number of piperazine rings is 1. The van der Waals surface area contributed by atoms with Gasteiger partial charge in [0.25, 0.3) is 5.92 Å². The van der Waals surface area contributed by atoms with Crippen molar-refractivity contribution >= 4 is 35.5 Å². The normalized spacial score (nSPS) is 18.0. The van der Waals surface area contributed by atoms with Crippen molar-refractivity contribution in [1.82, 2.24) is 14.9 Å². The largest absolute Gasteiger partial charge is 0.504 e.